The molecule has 4 aromatic heterocycles. The first-order valence-corrected chi connectivity index (χ1v) is 45.2. The molecule has 2 aromatic carbocycles. The number of aromatic amines is 3. The Labute approximate surface area is 768 Å². The zero-order chi connectivity index (χ0) is 96.6. The smallest absolute Gasteiger partial charge is 0.246 e. The standard InChI is InChI=1S/C88H125N25O18S/c1-10-12-28-67-81(125)102-58(27-20-32-95-88(91)92)77(121)108-66(76(120)98-43-71(90)116)46-132-47-73(118)101-62(35-51-22-15-14-16-23-51)84(128)110(7)50(5)75(119)104-64(39-70(89)115)86(130)113-33-21-30-68(113)82(126)103-60(38-54-42-93-48-99-54)79(123)105-61(34-49(3)4)83(127)109(6)44-72(117)100-59(36-52-40-96-57-26-18-17-24-55(52)57)78(122)107-65(45-114)80(124)106-63(37-53-41-97-74-56(53)25-19-31-94-74)85(129)112(9)69(29-13-11-2)87(131)111(67)8/h14-19,22-26,31,40-42,48-50,58-69,96,114H,10-13,20-21,27-30,32-39,43-47H2,1-9H3,(H2,89,115)(H2,90,116)(H,93,99)(H,94,97)(H,98,120)(H,100,117)(H,101,118)(H,102,125)(H,103,126)(H,104,119)(H,105,123)(H,106,124)(H,107,122)(H,108,121)(H4,91,92,95)/t50-,58-,59-,60-,61-,62-,63-,64-,65-,66-,67-,68-,69-/m0/s1. The number of rotatable bonds is 26. The van der Waals surface area contributed by atoms with E-state index in [1.54, 1.807) is 93.0 Å². The zero-order valence-corrected chi connectivity index (χ0v) is 76.6. The molecule has 2 aliphatic heterocycles. The predicted octanol–water partition coefficient (Wildman–Crippen LogP) is -2.74. The predicted molar refractivity (Wildman–Crippen MR) is 487 cm³/mol. The number of carbonyl (C=O) groups is 17. The summed E-state index contributed by atoms with van der Waals surface area (Å²) in [4.78, 5) is 271. The fraction of sp³-hybridized carbons (Fsp3) is 0.523. The SMILES string of the molecule is CCCC[C@H]1C(=O)N(C)[C@@H](CCCC)C(=O)N[C@@H](CCCNC(=N)N)C(=O)N[C@H](C(=O)NCC(N)=O)CSCC(=O)N[C@@H](Cc2ccccc2)C(=O)N(C)[C@@H](C)C(=O)N[C@@H](CC(N)=O)C(=O)N2CCC[C@H]2C(=O)N[C@@H](Cc2cnc[nH]2)C(=O)N[C@@H](CC(C)C)C(=O)N(C)CC(=O)N[C@@H](Cc2c[nH]c3ccccc23)C(=O)N[C@@H](CO)C(=O)N[C@@H](Cc2c[nH]c3ncccc23)C(=O)N1C. The summed E-state index contributed by atoms with van der Waals surface area (Å²) in [5.41, 5.74) is 19.7. The third-order valence-electron chi connectivity index (χ3n) is 23.0. The lowest BCUT2D eigenvalue weighted by molar-refractivity contribution is -0.149. The Morgan fingerprint density at radius 1 is 0.561 bits per heavy atom. The van der Waals surface area contributed by atoms with Gasteiger partial charge in [0.05, 0.1) is 38.2 Å². The molecule has 2 aliphatic rings. The Balaban J connectivity index is 1.18. The number of aromatic nitrogens is 5. The van der Waals surface area contributed by atoms with Gasteiger partial charge < -0.3 is 120 Å². The Morgan fingerprint density at radius 2 is 1.14 bits per heavy atom. The van der Waals surface area contributed by atoms with Crippen molar-refractivity contribution in [2.75, 3.05) is 72.5 Å². The molecule has 132 heavy (non-hydrogen) atoms. The lowest BCUT2D eigenvalue weighted by Gasteiger charge is -2.36. The molecule has 13 atom stereocenters. The molecule has 0 saturated carbocycles. The first-order chi connectivity index (χ1) is 62.9. The van der Waals surface area contributed by atoms with Gasteiger partial charge in [-0.2, -0.15) is 0 Å². The number of hydrogen-bond acceptors (Lipinski definition) is 22. The molecule has 0 spiro atoms. The van der Waals surface area contributed by atoms with E-state index in [9.17, 15) is 62.6 Å². The van der Waals surface area contributed by atoms with Crippen molar-refractivity contribution in [3.63, 3.8) is 0 Å². The number of nitrogens with two attached hydrogens (primary N) is 3. The summed E-state index contributed by atoms with van der Waals surface area (Å²) in [6.07, 6.45) is 7.36. The number of carbonyl (C=O) groups excluding carboxylic acids is 17. The molecule has 0 bridgehead atoms. The number of H-pyrrole nitrogens is 3. The van der Waals surface area contributed by atoms with E-state index in [2.05, 4.69) is 83.4 Å². The lowest BCUT2D eigenvalue weighted by Crippen LogP contribution is -2.61. The zero-order valence-electron chi connectivity index (χ0n) is 75.7. The van der Waals surface area contributed by atoms with Crippen molar-refractivity contribution in [2.45, 2.75) is 216 Å². The highest BCUT2D eigenvalue weighted by molar-refractivity contribution is 8.00. The monoisotopic (exact) mass is 1850 g/mol. The van der Waals surface area contributed by atoms with E-state index in [1.807, 2.05) is 13.8 Å². The number of amides is 17. The van der Waals surface area contributed by atoms with Crippen LogP contribution in [0.1, 0.15) is 134 Å². The molecule has 0 aliphatic carbocycles. The Kier molecular flexibility index (Phi) is 39.8. The Hall–Kier alpha value is -13.6. The molecular formula is C88H125N25O18S. The number of pyridine rings is 1. The van der Waals surface area contributed by atoms with Crippen molar-refractivity contribution in [2.24, 2.45) is 23.1 Å². The summed E-state index contributed by atoms with van der Waals surface area (Å²) >= 11 is 0.793. The van der Waals surface area contributed by atoms with Crippen LogP contribution in [0.2, 0.25) is 0 Å². The summed E-state index contributed by atoms with van der Waals surface area (Å²) in [6, 6.07) is -0.946. The van der Waals surface area contributed by atoms with Crippen molar-refractivity contribution in [3.05, 3.63) is 120 Å². The van der Waals surface area contributed by atoms with Gasteiger partial charge in [-0.15, -0.1) is 11.8 Å². The third kappa shape index (κ3) is 30.0. The molecule has 2 saturated heterocycles. The maximum absolute atomic E-state index is 15.7. The number of unbranched alkanes of at least 4 members (excludes halogenated alkanes) is 2. The highest BCUT2D eigenvalue weighted by Gasteiger charge is 2.44. The second kappa shape index (κ2) is 50.6. The van der Waals surface area contributed by atoms with Gasteiger partial charge in [-0.3, -0.25) is 86.9 Å². The molecule has 0 radical (unpaired) electrons. The number of hydrogen-bond donors (Lipinski definition) is 19. The summed E-state index contributed by atoms with van der Waals surface area (Å²) < 4.78 is 0. The van der Waals surface area contributed by atoms with Crippen LogP contribution in [0.4, 0.5) is 0 Å². The lowest BCUT2D eigenvalue weighted by atomic mass is 10.00. The summed E-state index contributed by atoms with van der Waals surface area (Å²) in [5.74, 6) is -17.2. The van der Waals surface area contributed by atoms with Crippen LogP contribution in [-0.4, -0.2) is 312 Å². The van der Waals surface area contributed by atoms with Crippen LogP contribution in [0.15, 0.2) is 97.8 Å². The number of nitrogens with zero attached hydrogens (tertiary/aromatic N) is 7. The Bertz CT molecular complexity index is 5050. The molecule has 8 rings (SSSR count). The van der Waals surface area contributed by atoms with Gasteiger partial charge >= 0.3 is 0 Å². The van der Waals surface area contributed by atoms with Gasteiger partial charge in [0.15, 0.2) is 5.96 Å². The molecule has 2 fully saturated rings. The largest absolute Gasteiger partial charge is 0.394 e. The van der Waals surface area contributed by atoms with E-state index in [0.717, 1.165) is 36.3 Å². The highest BCUT2D eigenvalue weighted by atomic mass is 32.2. The number of aliphatic hydroxyl groups excluding tert-OH is 1. The van der Waals surface area contributed by atoms with Crippen LogP contribution in [0.3, 0.4) is 0 Å². The molecule has 6 heterocycles. The van der Waals surface area contributed by atoms with Gasteiger partial charge in [-0.25, -0.2) is 9.97 Å². The summed E-state index contributed by atoms with van der Waals surface area (Å²) in [7, 11) is 5.23. The van der Waals surface area contributed by atoms with Crippen LogP contribution in [0.25, 0.3) is 21.9 Å². The number of imidazole rings is 1. The minimum absolute atomic E-state index is 0.00164. The van der Waals surface area contributed by atoms with Crippen LogP contribution >= 0.6 is 11.8 Å². The normalized spacial score (nSPS) is 23.5. The van der Waals surface area contributed by atoms with E-state index in [0.29, 0.717) is 70.0 Å². The van der Waals surface area contributed by atoms with Crippen molar-refractivity contribution >= 4 is 140 Å². The molecule has 43 nitrogen and oxygen atoms in total. The second-order valence-corrected chi connectivity index (χ2v) is 34.5. The maximum Gasteiger partial charge on any atom is 0.246 e. The summed E-state index contributed by atoms with van der Waals surface area (Å²) in [5, 5.41) is 49.2. The fourth-order valence-electron chi connectivity index (χ4n) is 15.7. The highest BCUT2D eigenvalue weighted by Crippen LogP contribution is 2.26. The number of thioether (sulfide) groups is 1. The van der Waals surface area contributed by atoms with E-state index in [4.69, 9.17) is 22.6 Å². The minimum atomic E-state index is -1.86. The van der Waals surface area contributed by atoms with Crippen LogP contribution < -0.4 is 75.7 Å². The maximum atomic E-state index is 15.7. The number of nitrogens with one attached hydrogen (secondary N) is 15. The van der Waals surface area contributed by atoms with E-state index in [-0.39, 0.29) is 89.6 Å². The molecule has 22 N–H and O–H groups in total. The first kappa shape index (κ1) is 104. The van der Waals surface area contributed by atoms with E-state index in [1.165, 1.54) is 53.8 Å². The number of benzene rings is 2. The van der Waals surface area contributed by atoms with Gasteiger partial charge in [-0.05, 0) is 92.7 Å². The quantitative estimate of drug-likeness (QED) is 0.0149. The van der Waals surface area contributed by atoms with Crippen molar-refractivity contribution in [3.8, 4) is 0 Å². The molecule has 44 heteroatoms. The van der Waals surface area contributed by atoms with E-state index < -0.39 is 223 Å². The van der Waals surface area contributed by atoms with Gasteiger partial charge in [0.1, 0.15) is 84.2 Å². The van der Waals surface area contributed by atoms with Crippen molar-refractivity contribution in [1.82, 2.24) is 108 Å². The number of likely N-dealkylation sites (N-methyl/N-ethyl adjacent to an activating group) is 4. The summed E-state index contributed by atoms with van der Waals surface area (Å²) in [6.45, 7) is 5.89. The third-order valence-corrected chi connectivity index (χ3v) is 24.0. The number of primary amides is 2. The van der Waals surface area contributed by atoms with Gasteiger partial charge in [-0.1, -0.05) is 102 Å². The van der Waals surface area contributed by atoms with Crippen molar-refractivity contribution < 1.29 is 86.6 Å². The first-order valence-electron chi connectivity index (χ1n) is 44.1. The Morgan fingerprint density at radius 3 is 1.81 bits per heavy atom. The topological polar surface area (TPSA) is 634 Å². The van der Waals surface area contributed by atoms with Gasteiger partial charge in [0.2, 0.25) is 100 Å². The van der Waals surface area contributed by atoms with Crippen molar-refractivity contribution in [1.29, 1.82) is 5.41 Å². The average Bonchev–Trinajstić information content (AvgIpc) is 1.48. The van der Waals surface area contributed by atoms with Crippen LogP contribution in [0, 0.1) is 11.3 Å². The van der Waals surface area contributed by atoms with Crippen LogP contribution in [-0.2, 0) is 107 Å². The molecule has 0 unspecified atom stereocenters. The van der Waals surface area contributed by atoms with E-state index >= 15 is 24.0 Å². The molecule has 17 amide bonds. The second-order valence-electron chi connectivity index (χ2n) is 33.5. The van der Waals surface area contributed by atoms with Crippen LogP contribution in [0.5, 0.6) is 0 Å². The number of para-hydroxylation sites is 1. The molecule has 6 aromatic rings. The minimum Gasteiger partial charge on any atom is -0.394 e. The fourth-order valence-corrected chi connectivity index (χ4v) is 16.5. The number of fused-ring (bicyclic) bond motifs is 3. The average molecular weight is 1850 g/mol. The molecular weight excluding hydrogens is 1730 g/mol. The number of guanidine groups is 1. The molecule has 716 valence electrons. The van der Waals surface area contributed by atoms with Gasteiger partial charge in [0.25, 0.3) is 0 Å². The van der Waals surface area contributed by atoms with Gasteiger partial charge in [0, 0.05) is 119 Å². The number of aliphatic hydroxyl groups is 1.